The Morgan fingerprint density at radius 3 is 2.56 bits per heavy atom. The number of fused-ring (bicyclic) bond motifs is 1. The Morgan fingerprint density at radius 2 is 1.80 bits per heavy atom. The maximum atomic E-state index is 13.4. The van der Waals surface area contributed by atoms with Crippen molar-refractivity contribution < 1.29 is 8.94 Å². The van der Waals surface area contributed by atoms with Crippen LogP contribution in [0.25, 0.3) is 16.9 Å². The molecule has 1 fully saturated rings. The second-order valence-corrected chi connectivity index (χ2v) is 13.1. The number of unbranched alkanes of at least 4 members (excludes halogenated alkanes) is 1. The van der Waals surface area contributed by atoms with E-state index in [1.165, 1.54) is 12.1 Å². The van der Waals surface area contributed by atoms with E-state index in [-0.39, 0.29) is 5.82 Å². The first-order valence-electron chi connectivity index (χ1n) is 14.3. The summed E-state index contributed by atoms with van der Waals surface area (Å²) in [5.41, 5.74) is 4.77. The van der Waals surface area contributed by atoms with Gasteiger partial charge in [0.25, 0.3) is 0 Å². The van der Waals surface area contributed by atoms with Gasteiger partial charge in [-0.15, -0.1) is 15.6 Å². The Labute approximate surface area is 249 Å². The number of benzene rings is 1. The lowest BCUT2D eigenvalue weighted by molar-refractivity contribution is 0.394. The number of hydrogen-bond acceptors (Lipinski definition) is 8. The monoisotopic (exact) mass is 597 g/mol. The minimum atomic E-state index is -0.926. The molecule has 11 heteroatoms. The highest BCUT2D eigenvalue weighted by atomic mass is 32.2. The summed E-state index contributed by atoms with van der Waals surface area (Å²) in [5.74, 6) is 1.49. The van der Waals surface area contributed by atoms with Crippen LogP contribution < -0.4 is 9.80 Å². The molecule has 1 aliphatic rings. The number of anilines is 3. The zero-order chi connectivity index (χ0) is 28.9. The Morgan fingerprint density at radius 1 is 1.00 bits per heavy atom. The Hall–Kier alpha value is -2.70. The Balaban J connectivity index is 1.32. The Kier molecular flexibility index (Phi) is 9.82. The predicted octanol–water partition coefficient (Wildman–Crippen LogP) is 5.44. The summed E-state index contributed by atoms with van der Waals surface area (Å²) < 4.78 is 30.7. The third kappa shape index (κ3) is 7.03. The number of rotatable bonds is 11. The minimum Gasteiger partial charge on any atom is -0.598 e. The molecular weight excluding hydrogens is 558 g/mol. The van der Waals surface area contributed by atoms with Gasteiger partial charge in [-0.05, 0) is 82.7 Å². The van der Waals surface area contributed by atoms with Gasteiger partial charge in [0.15, 0.2) is 5.13 Å². The van der Waals surface area contributed by atoms with Crippen LogP contribution in [0.15, 0.2) is 48.0 Å². The molecule has 0 aliphatic carbocycles. The first kappa shape index (κ1) is 29.8. The quantitative estimate of drug-likeness (QED) is 0.168. The second-order valence-electron chi connectivity index (χ2n) is 10.7. The number of thiazole rings is 1. The predicted molar refractivity (Wildman–Crippen MR) is 169 cm³/mol. The van der Waals surface area contributed by atoms with Gasteiger partial charge in [-0.25, -0.2) is 14.4 Å². The molecule has 0 spiro atoms. The van der Waals surface area contributed by atoms with E-state index >= 15 is 0 Å². The third-order valence-corrected chi connectivity index (χ3v) is 10.00. The van der Waals surface area contributed by atoms with Crippen molar-refractivity contribution in [1.29, 1.82) is 0 Å². The maximum Gasteiger partial charge on any atom is 0.191 e. The molecule has 0 radical (unpaired) electrons. The van der Waals surface area contributed by atoms with Gasteiger partial charge in [-0.1, -0.05) is 6.92 Å². The molecule has 5 rings (SSSR count). The molecule has 1 aromatic carbocycles. The third-order valence-electron chi connectivity index (χ3n) is 7.50. The number of imidazole rings is 1. The van der Waals surface area contributed by atoms with E-state index in [9.17, 15) is 8.94 Å². The highest BCUT2D eigenvalue weighted by Gasteiger charge is 2.25. The molecule has 1 aliphatic heterocycles. The summed E-state index contributed by atoms with van der Waals surface area (Å²) >= 11 is 0.635. The fourth-order valence-electron chi connectivity index (χ4n) is 5.25. The molecule has 1 saturated heterocycles. The zero-order valence-corrected chi connectivity index (χ0v) is 26.1. The summed E-state index contributed by atoms with van der Waals surface area (Å²) in [4.78, 5) is 16.5. The molecule has 8 nitrogen and oxygen atoms in total. The summed E-state index contributed by atoms with van der Waals surface area (Å²) in [7, 11) is 6.19. The molecule has 220 valence electrons. The van der Waals surface area contributed by atoms with Crippen molar-refractivity contribution >= 4 is 45.0 Å². The molecule has 0 amide bonds. The van der Waals surface area contributed by atoms with E-state index in [0.29, 0.717) is 0 Å². The molecule has 0 N–H and O–H groups in total. The average molecular weight is 598 g/mol. The fourth-order valence-corrected chi connectivity index (χ4v) is 7.38. The van der Waals surface area contributed by atoms with Crippen LogP contribution in [0, 0.1) is 5.82 Å². The van der Waals surface area contributed by atoms with Gasteiger partial charge in [0, 0.05) is 55.2 Å². The van der Waals surface area contributed by atoms with Crippen LogP contribution in [0.1, 0.15) is 31.9 Å². The van der Waals surface area contributed by atoms with E-state index in [4.69, 9.17) is 9.97 Å². The lowest BCUT2D eigenvalue weighted by Crippen LogP contribution is -2.36. The molecule has 4 aromatic rings. The molecule has 1 unspecified atom stereocenters. The minimum absolute atomic E-state index is 0.253. The van der Waals surface area contributed by atoms with Crippen LogP contribution in [0.4, 0.5) is 21.0 Å². The molecule has 41 heavy (non-hydrogen) atoms. The number of aromatic nitrogens is 3. The normalized spacial score (nSPS) is 15.5. The lowest BCUT2D eigenvalue weighted by Gasteiger charge is -2.25. The summed E-state index contributed by atoms with van der Waals surface area (Å²) in [5, 5.41) is 2.86. The van der Waals surface area contributed by atoms with Crippen molar-refractivity contribution in [3.05, 3.63) is 59.5 Å². The SMILES string of the molecule is CCc1nc2ccc(N3CCCN([S+]([O-])CCCCN(C)C)CC3)cn2c1N(C)c1nc(-c2ccc(F)cc2)cs1. The molecule has 4 heterocycles. The van der Waals surface area contributed by atoms with E-state index < -0.39 is 11.4 Å². The van der Waals surface area contributed by atoms with Crippen LogP contribution in [0.2, 0.25) is 0 Å². The van der Waals surface area contributed by atoms with Crippen LogP contribution in [0.3, 0.4) is 0 Å². The number of pyridine rings is 1. The van der Waals surface area contributed by atoms with Crippen LogP contribution in [-0.4, -0.2) is 87.7 Å². The smallest absolute Gasteiger partial charge is 0.191 e. The van der Waals surface area contributed by atoms with Gasteiger partial charge in [-0.2, -0.15) is 0 Å². The van der Waals surface area contributed by atoms with E-state index in [1.54, 1.807) is 23.5 Å². The number of halogens is 1. The van der Waals surface area contributed by atoms with Gasteiger partial charge >= 0.3 is 0 Å². The van der Waals surface area contributed by atoms with Gasteiger partial charge in [0.1, 0.15) is 23.0 Å². The molecule has 3 aromatic heterocycles. The highest BCUT2D eigenvalue weighted by molar-refractivity contribution is 7.89. The zero-order valence-electron chi connectivity index (χ0n) is 24.4. The molecule has 0 saturated carbocycles. The highest BCUT2D eigenvalue weighted by Crippen LogP contribution is 2.34. The van der Waals surface area contributed by atoms with Crippen molar-refractivity contribution in [2.24, 2.45) is 0 Å². The number of nitrogens with zero attached hydrogens (tertiary/aromatic N) is 7. The van der Waals surface area contributed by atoms with Gasteiger partial charge in [-0.3, -0.25) is 4.40 Å². The topological polar surface area (TPSA) is 66.2 Å². The van der Waals surface area contributed by atoms with Crippen LogP contribution in [0.5, 0.6) is 0 Å². The molecule has 1 atom stereocenters. The summed E-state index contributed by atoms with van der Waals surface area (Å²) in [6.07, 6.45) is 6.02. The number of aryl methyl sites for hydroxylation is 1. The lowest BCUT2D eigenvalue weighted by atomic mass is 10.2. The van der Waals surface area contributed by atoms with Gasteiger partial charge < -0.3 is 19.3 Å². The average Bonchev–Trinajstić information content (AvgIpc) is 3.52. The Bertz CT molecular complexity index is 1420. The standard InChI is InChI=1S/C30H40FN7OS2/c1-5-26-29(35(4)30-33-27(22-40-30)23-9-11-24(31)12-10-23)38-21-25(13-14-28(38)32-26)36-16-8-17-37(19-18-36)41(39)20-7-6-15-34(2)3/h9-14,21-22H,5-8,15-20H2,1-4H3. The fraction of sp³-hybridized carbons (Fsp3) is 0.467. The van der Waals surface area contributed by atoms with Crippen molar-refractivity contribution in [2.45, 2.75) is 32.6 Å². The van der Waals surface area contributed by atoms with Gasteiger partial charge in [0.05, 0.1) is 23.6 Å². The van der Waals surface area contributed by atoms with E-state index in [0.717, 1.165) is 103 Å². The molecule has 0 bridgehead atoms. The second kappa shape index (κ2) is 13.5. The largest absolute Gasteiger partial charge is 0.598 e. The number of hydrogen-bond donors (Lipinski definition) is 0. The van der Waals surface area contributed by atoms with Crippen LogP contribution >= 0.6 is 11.3 Å². The summed E-state index contributed by atoms with van der Waals surface area (Å²) in [6, 6.07) is 10.7. The van der Waals surface area contributed by atoms with Crippen molar-refractivity contribution in [1.82, 2.24) is 23.6 Å². The molecular formula is C30H40FN7OS2. The van der Waals surface area contributed by atoms with E-state index in [2.05, 4.69) is 62.8 Å². The van der Waals surface area contributed by atoms with Crippen molar-refractivity contribution in [3.63, 3.8) is 0 Å². The maximum absolute atomic E-state index is 13.4. The van der Waals surface area contributed by atoms with Crippen LogP contribution in [-0.2, 0) is 17.8 Å². The van der Waals surface area contributed by atoms with E-state index in [1.807, 2.05) is 12.4 Å². The first-order chi connectivity index (χ1) is 19.8. The van der Waals surface area contributed by atoms with Gasteiger partial charge in [0.2, 0.25) is 0 Å². The van der Waals surface area contributed by atoms with Crippen molar-refractivity contribution in [3.8, 4) is 11.3 Å². The first-order valence-corrected chi connectivity index (χ1v) is 16.5. The summed E-state index contributed by atoms with van der Waals surface area (Å²) in [6.45, 7) is 6.57. The van der Waals surface area contributed by atoms with Crippen molar-refractivity contribution in [2.75, 3.05) is 69.4 Å².